The lowest BCUT2D eigenvalue weighted by atomic mass is 9.75. The summed E-state index contributed by atoms with van der Waals surface area (Å²) in [6.07, 6.45) is 5.26. The Hall–Kier alpha value is -2.79. The normalized spacial score (nSPS) is 20.3. The van der Waals surface area contributed by atoms with Gasteiger partial charge in [0.15, 0.2) is 0 Å². The van der Waals surface area contributed by atoms with Crippen LogP contribution in [0.2, 0.25) is 0 Å². The largest absolute Gasteiger partial charge is 0.393 e. The summed E-state index contributed by atoms with van der Waals surface area (Å²) in [7, 11) is 0. The van der Waals surface area contributed by atoms with E-state index in [1.54, 1.807) is 18.5 Å². The topological polar surface area (TPSA) is 75.1 Å². The molecule has 132 valence electrons. The number of nitrogens with zero attached hydrogens (tertiary/aromatic N) is 2. The average Bonchev–Trinajstić information content (AvgIpc) is 2.65. The minimum absolute atomic E-state index is 0.0484. The second kappa shape index (κ2) is 7.22. The number of fused-ring (bicyclic) bond motifs is 1. The first kappa shape index (κ1) is 16.7. The van der Waals surface area contributed by atoms with Crippen molar-refractivity contribution in [3.05, 3.63) is 72.2 Å². The van der Waals surface area contributed by atoms with Crippen LogP contribution in [0.4, 0.5) is 0 Å². The number of aliphatic hydroxyl groups excluding tert-OH is 1. The molecule has 4 rings (SSSR count). The predicted octanol–water partition coefficient (Wildman–Crippen LogP) is 2.74. The Bertz CT molecular complexity index is 902. The maximum Gasteiger partial charge on any atom is 0.252 e. The number of carbonyl (C=O) groups is 1. The van der Waals surface area contributed by atoms with Gasteiger partial charge >= 0.3 is 0 Å². The first-order valence-corrected chi connectivity index (χ1v) is 8.93. The Morgan fingerprint density at radius 3 is 2.65 bits per heavy atom. The van der Waals surface area contributed by atoms with E-state index in [2.05, 4.69) is 15.3 Å². The molecule has 0 spiro atoms. The number of carbonyl (C=O) groups excluding carboxylic acids is 1. The van der Waals surface area contributed by atoms with Crippen molar-refractivity contribution in [1.82, 2.24) is 15.3 Å². The van der Waals surface area contributed by atoms with E-state index in [1.165, 1.54) is 0 Å². The molecule has 3 aromatic rings. The van der Waals surface area contributed by atoms with Crippen LogP contribution in [-0.4, -0.2) is 33.1 Å². The summed E-state index contributed by atoms with van der Waals surface area (Å²) in [6.45, 7) is 0. The Morgan fingerprint density at radius 2 is 1.88 bits per heavy atom. The molecule has 2 N–H and O–H groups in total. The zero-order chi connectivity index (χ0) is 17.9. The van der Waals surface area contributed by atoms with E-state index in [4.69, 9.17) is 0 Å². The molecular formula is C21H21N3O2. The van der Waals surface area contributed by atoms with Gasteiger partial charge in [-0.2, -0.15) is 0 Å². The number of hydrogen-bond acceptors (Lipinski definition) is 4. The van der Waals surface area contributed by atoms with Crippen LogP contribution in [0.25, 0.3) is 10.9 Å². The quantitative estimate of drug-likeness (QED) is 0.744. The van der Waals surface area contributed by atoms with E-state index in [0.29, 0.717) is 12.0 Å². The van der Waals surface area contributed by atoms with Gasteiger partial charge in [-0.1, -0.05) is 24.3 Å². The molecule has 26 heavy (non-hydrogen) atoms. The molecule has 1 aromatic carbocycles. The first-order chi connectivity index (χ1) is 12.7. The summed E-state index contributed by atoms with van der Waals surface area (Å²) in [6, 6.07) is 15.2. The van der Waals surface area contributed by atoms with Gasteiger partial charge < -0.3 is 10.4 Å². The van der Waals surface area contributed by atoms with Crippen molar-refractivity contribution < 1.29 is 9.90 Å². The van der Waals surface area contributed by atoms with Crippen molar-refractivity contribution in [2.45, 2.75) is 31.4 Å². The van der Waals surface area contributed by atoms with Crippen LogP contribution >= 0.6 is 0 Å². The van der Waals surface area contributed by atoms with Gasteiger partial charge in [-0.25, -0.2) is 0 Å². The summed E-state index contributed by atoms with van der Waals surface area (Å²) in [5, 5.41) is 13.7. The highest BCUT2D eigenvalue weighted by Crippen LogP contribution is 2.32. The number of pyridine rings is 2. The van der Waals surface area contributed by atoms with Crippen LogP contribution in [0.15, 0.2) is 60.9 Å². The fraction of sp³-hybridized carbons (Fsp3) is 0.286. The first-order valence-electron chi connectivity index (χ1n) is 8.93. The number of rotatable bonds is 5. The molecule has 1 amide bonds. The lowest BCUT2D eigenvalue weighted by Gasteiger charge is -2.38. The molecule has 5 heteroatoms. The number of hydrogen-bond donors (Lipinski definition) is 2. The fourth-order valence-corrected chi connectivity index (χ4v) is 3.58. The molecule has 1 saturated carbocycles. The van der Waals surface area contributed by atoms with Gasteiger partial charge in [-0.15, -0.1) is 0 Å². The number of nitrogens with one attached hydrogen (secondary N) is 1. The lowest BCUT2D eigenvalue weighted by molar-refractivity contribution is 0.0238. The standard InChI is InChI=1S/C21H21N3O2/c25-16-11-14(12-16)20(13-15-5-3-4-9-22-15)24-21(26)18-8-10-23-19-7-2-1-6-17(18)19/h1-10,14,16,20,25H,11-13H2,(H,24,26)/t14?,16?,20-/m1/s1. The Balaban J connectivity index is 1.57. The highest BCUT2D eigenvalue weighted by molar-refractivity contribution is 6.06. The summed E-state index contributed by atoms with van der Waals surface area (Å²) in [5.41, 5.74) is 2.38. The van der Waals surface area contributed by atoms with Crippen molar-refractivity contribution in [2.75, 3.05) is 0 Å². The van der Waals surface area contributed by atoms with E-state index in [-0.39, 0.29) is 24.0 Å². The van der Waals surface area contributed by atoms with Gasteiger partial charge in [0.1, 0.15) is 0 Å². The van der Waals surface area contributed by atoms with Crippen LogP contribution in [0, 0.1) is 5.92 Å². The molecule has 1 atom stereocenters. The highest BCUT2D eigenvalue weighted by Gasteiger charge is 2.35. The number of aromatic nitrogens is 2. The molecular weight excluding hydrogens is 326 g/mol. The number of amides is 1. The SMILES string of the molecule is O=C(N[C@H](Cc1ccccn1)C1CC(O)C1)c1ccnc2ccccc12. The van der Waals surface area contributed by atoms with Crippen LogP contribution in [0.5, 0.6) is 0 Å². The van der Waals surface area contributed by atoms with Crippen LogP contribution < -0.4 is 5.32 Å². The third-order valence-electron chi connectivity index (χ3n) is 5.08. The summed E-state index contributed by atoms with van der Waals surface area (Å²) in [5.74, 6) is 0.162. The minimum atomic E-state index is -0.259. The van der Waals surface area contributed by atoms with Gasteiger partial charge in [0.05, 0.1) is 17.2 Å². The second-order valence-electron chi connectivity index (χ2n) is 6.87. The maximum absolute atomic E-state index is 13.0. The zero-order valence-electron chi connectivity index (χ0n) is 14.4. The van der Waals surface area contributed by atoms with Crippen LogP contribution in [-0.2, 0) is 6.42 Å². The van der Waals surface area contributed by atoms with Crippen LogP contribution in [0.3, 0.4) is 0 Å². The molecule has 2 aromatic heterocycles. The van der Waals surface area contributed by atoms with E-state index >= 15 is 0 Å². The molecule has 5 nitrogen and oxygen atoms in total. The van der Waals surface area contributed by atoms with Gasteiger partial charge in [-0.3, -0.25) is 14.8 Å². The molecule has 0 radical (unpaired) electrons. The zero-order valence-corrected chi connectivity index (χ0v) is 14.4. The smallest absolute Gasteiger partial charge is 0.252 e. The minimum Gasteiger partial charge on any atom is -0.393 e. The van der Waals surface area contributed by atoms with Crippen LogP contribution in [0.1, 0.15) is 28.9 Å². The Kier molecular flexibility index (Phi) is 4.63. The molecule has 0 unspecified atom stereocenters. The monoisotopic (exact) mass is 347 g/mol. The van der Waals surface area contributed by atoms with Gasteiger partial charge in [0, 0.05) is 35.9 Å². The van der Waals surface area contributed by atoms with Gasteiger partial charge in [0.25, 0.3) is 5.91 Å². The molecule has 0 bridgehead atoms. The molecule has 0 aliphatic heterocycles. The van der Waals surface area contributed by atoms with E-state index in [9.17, 15) is 9.90 Å². The molecule has 1 aliphatic rings. The highest BCUT2D eigenvalue weighted by atomic mass is 16.3. The van der Waals surface area contributed by atoms with Crippen molar-refractivity contribution in [3.8, 4) is 0 Å². The van der Waals surface area contributed by atoms with E-state index in [0.717, 1.165) is 29.4 Å². The third-order valence-corrected chi connectivity index (χ3v) is 5.08. The summed E-state index contributed by atoms with van der Waals surface area (Å²) in [4.78, 5) is 21.7. The summed E-state index contributed by atoms with van der Waals surface area (Å²) >= 11 is 0. The average molecular weight is 347 g/mol. The molecule has 2 heterocycles. The van der Waals surface area contributed by atoms with Crippen molar-refractivity contribution >= 4 is 16.8 Å². The van der Waals surface area contributed by atoms with Crippen molar-refractivity contribution in [1.29, 1.82) is 0 Å². The molecule has 1 aliphatic carbocycles. The summed E-state index contributed by atoms with van der Waals surface area (Å²) < 4.78 is 0. The number of aliphatic hydroxyl groups is 1. The predicted molar refractivity (Wildman–Crippen MR) is 99.7 cm³/mol. The van der Waals surface area contributed by atoms with Gasteiger partial charge in [-0.05, 0) is 43.0 Å². The maximum atomic E-state index is 13.0. The Morgan fingerprint density at radius 1 is 1.08 bits per heavy atom. The fourth-order valence-electron chi connectivity index (χ4n) is 3.58. The Labute approximate surface area is 152 Å². The van der Waals surface area contributed by atoms with E-state index < -0.39 is 0 Å². The van der Waals surface area contributed by atoms with Crippen molar-refractivity contribution in [2.24, 2.45) is 5.92 Å². The lowest BCUT2D eigenvalue weighted by Crippen LogP contribution is -2.48. The number of para-hydroxylation sites is 1. The number of benzene rings is 1. The third kappa shape index (κ3) is 3.44. The van der Waals surface area contributed by atoms with Gasteiger partial charge in [0.2, 0.25) is 0 Å². The van der Waals surface area contributed by atoms with E-state index in [1.807, 2.05) is 42.5 Å². The molecule has 1 fully saturated rings. The molecule has 0 saturated heterocycles. The van der Waals surface area contributed by atoms with Crippen molar-refractivity contribution in [3.63, 3.8) is 0 Å². The second-order valence-corrected chi connectivity index (χ2v) is 6.87.